The summed E-state index contributed by atoms with van der Waals surface area (Å²) in [4.78, 5) is 4.21. The summed E-state index contributed by atoms with van der Waals surface area (Å²) in [5.74, 6) is 0.772. The Balaban J connectivity index is 2.16. The first-order chi connectivity index (χ1) is 6.69. The molecule has 0 spiro atoms. The van der Waals surface area contributed by atoms with Crippen molar-refractivity contribution in [3.8, 4) is 0 Å². The fraction of sp³-hybridized carbons (Fsp3) is 0.700. The average molecular weight is 196 g/mol. The van der Waals surface area contributed by atoms with Gasteiger partial charge in [-0.3, -0.25) is 0 Å². The Morgan fingerprint density at radius 2 is 2.43 bits per heavy atom. The number of aryl methyl sites for hydroxylation is 1. The molecule has 1 aliphatic rings. The Hall–Kier alpha value is -0.870. The molecule has 1 heterocycles. The number of rotatable bonds is 3. The molecule has 0 aliphatic heterocycles. The average Bonchev–Trinajstić information content (AvgIpc) is 2.60. The Labute approximate surface area is 83.5 Å². The van der Waals surface area contributed by atoms with Crippen LogP contribution in [0, 0.1) is 0 Å². The zero-order chi connectivity index (χ0) is 10.2. The molecule has 1 saturated carbocycles. The SMILES string of the molecule is CCn1ccnc1C1(O)CC(OC)C1. The highest BCUT2D eigenvalue weighted by Gasteiger charge is 2.47. The maximum atomic E-state index is 10.2. The summed E-state index contributed by atoms with van der Waals surface area (Å²) in [6.45, 7) is 2.89. The lowest BCUT2D eigenvalue weighted by atomic mass is 9.76. The zero-order valence-electron chi connectivity index (χ0n) is 8.60. The normalized spacial score (nSPS) is 31.5. The number of aliphatic hydroxyl groups is 1. The Kier molecular flexibility index (Phi) is 2.33. The van der Waals surface area contributed by atoms with Crippen LogP contribution in [0.2, 0.25) is 0 Å². The number of hydrogen-bond donors (Lipinski definition) is 1. The summed E-state index contributed by atoms with van der Waals surface area (Å²) < 4.78 is 7.13. The van der Waals surface area contributed by atoms with E-state index in [0.29, 0.717) is 12.8 Å². The summed E-state index contributed by atoms with van der Waals surface area (Å²) in [6, 6.07) is 0. The Morgan fingerprint density at radius 3 is 3.00 bits per heavy atom. The number of aromatic nitrogens is 2. The van der Waals surface area contributed by atoms with Crippen LogP contribution >= 0.6 is 0 Å². The largest absolute Gasteiger partial charge is 0.382 e. The van der Waals surface area contributed by atoms with Crippen molar-refractivity contribution in [1.29, 1.82) is 0 Å². The van der Waals surface area contributed by atoms with E-state index in [9.17, 15) is 5.11 Å². The molecule has 1 aromatic heterocycles. The molecule has 2 rings (SSSR count). The van der Waals surface area contributed by atoms with E-state index in [4.69, 9.17) is 4.74 Å². The van der Waals surface area contributed by atoms with Gasteiger partial charge in [-0.2, -0.15) is 0 Å². The van der Waals surface area contributed by atoms with E-state index in [1.807, 2.05) is 17.7 Å². The molecule has 0 bridgehead atoms. The van der Waals surface area contributed by atoms with Crippen LogP contribution in [-0.4, -0.2) is 27.9 Å². The molecule has 0 unspecified atom stereocenters. The zero-order valence-corrected chi connectivity index (χ0v) is 8.60. The monoisotopic (exact) mass is 196 g/mol. The van der Waals surface area contributed by atoms with Crippen molar-refractivity contribution in [2.45, 2.75) is 38.0 Å². The molecule has 4 heteroatoms. The van der Waals surface area contributed by atoms with Gasteiger partial charge in [0.1, 0.15) is 11.4 Å². The van der Waals surface area contributed by atoms with E-state index in [2.05, 4.69) is 4.98 Å². The number of methoxy groups -OCH3 is 1. The van der Waals surface area contributed by atoms with E-state index in [1.165, 1.54) is 0 Å². The van der Waals surface area contributed by atoms with Crippen LogP contribution < -0.4 is 0 Å². The second-order valence-electron chi connectivity index (χ2n) is 3.83. The number of imidazole rings is 1. The maximum absolute atomic E-state index is 10.2. The van der Waals surface area contributed by atoms with Gasteiger partial charge in [-0.05, 0) is 6.92 Å². The predicted octanol–water partition coefficient (Wildman–Crippen LogP) is 0.899. The molecule has 0 saturated heterocycles. The lowest BCUT2D eigenvalue weighted by Crippen LogP contribution is -2.47. The number of nitrogens with zero attached hydrogens (tertiary/aromatic N) is 2. The summed E-state index contributed by atoms with van der Waals surface area (Å²) >= 11 is 0. The Morgan fingerprint density at radius 1 is 1.71 bits per heavy atom. The second kappa shape index (κ2) is 3.37. The van der Waals surface area contributed by atoms with E-state index >= 15 is 0 Å². The maximum Gasteiger partial charge on any atom is 0.140 e. The van der Waals surface area contributed by atoms with E-state index < -0.39 is 5.60 Å². The van der Waals surface area contributed by atoms with Gasteiger partial charge in [0.15, 0.2) is 0 Å². The van der Waals surface area contributed by atoms with Gasteiger partial charge in [0.2, 0.25) is 0 Å². The van der Waals surface area contributed by atoms with Crippen LogP contribution in [-0.2, 0) is 16.9 Å². The third-order valence-electron chi connectivity index (χ3n) is 2.94. The van der Waals surface area contributed by atoms with Crippen molar-refractivity contribution in [2.24, 2.45) is 0 Å². The lowest BCUT2D eigenvalue weighted by molar-refractivity contribution is -0.139. The number of ether oxygens (including phenoxy) is 1. The topological polar surface area (TPSA) is 47.3 Å². The molecule has 1 N–H and O–H groups in total. The molecule has 4 nitrogen and oxygen atoms in total. The van der Waals surface area contributed by atoms with Gasteiger partial charge in [-0.1, -0.05) is 0 Å². The standard InChI is InChI=1S/C10H16N2O2/c1-3-12-5-4-11-9(12)10(13)6-8(7-10)14-2/h4-5,8,13H,3,6-7H2,1-2H3. The lowest BCUT2D eigenvalue weighted by Gasteiger charge is -2.42. The summed E-state index contributed by atoms with van der Waals surface area (Å²) in [7, 11) is 1.68. The fourth-order valence-corrected chi connectivity index (χ4v) is 2.01. The molecule has 14 heavy (non-hydrogen) atoms. The minimum Gasteiger partial charge on any atom is -0.382 e. The van der Waals surface area contributed by atoms with Gasteiger partial charge in [0, 0.05) is 38.9 Å². The number of hydrogen-bond acceptors (Lipinski definition) is 3. The quantitative estimate of drug-likeness (QED) is 0.781. The van der Waals surface area contributed by atoms with Crippen LogP contribution in [0.4, 0.5) is 0 Å². The summed E-state index contributed by atoms with van der Waals surface area (Å²) in [5.41, 5.74) is -0.764. The Bertz CT molecular complexity index is 316. The fourth-order valence-electron chi connectivity index (χ4n) is 2.01. The minimum atomic E-state index is -0.764. The molecular formula is C10H16N2O2. The molecule has 1 aliphatic carbocycles. The molecule has 78 valence electrons. The highest BCUT2D eigenvalue weighted by Crippen LogP contribution is 2.41. The van der Waals surface area contributed by atoms with Crippen LogP contribution in [0.15, 0.2) is 12.4 Å². The van der Waals surface area contributed by atoms with Gasteiger partial charge in [-0.15, -0.1) is 0 Å². The highest BCUT2D eigenvalue weighted by molar-refractivity contribution is 5.12. The van der Waals surface area contributed by atoms with Crippen LogP contribution in [0.1, 0.15) is 25.6 Å². The molecule has 0 amide bonds. The molecule has 1 fully saturated rings. The first-order valence-corrected chi connectivity index (χ1v) is 4.96. The van der Waals surface area contributed by atoms with E-state index in [0.717, 1.165) is 12.4 Å². The molecule has 0 aromatic carbocycles. The van der Waals surface area contributed by atoms with Crippen molar-refractivity contribution < 1.29 is 9.84 Å². The summed E-state index contributed by atoms with van der Waals surface area (Å²) in [5, 5.41) is 10.2. The van der Waals surface area contributed by atoms with Gasteiger partial charge in [0.05, 0.1) is 6.10 Å². The van der Waals surface area contributed by atoms with Gasteiger partial charge in [0.25, 0.3) is 0 Å². The van der Waals surface area contributed by atoms with Crippen molar-refractivity contribution in [1.82, 2.24) is 9.55 Å². The predicted molar refractivity (Wildman–Crippen MR) is 51.8 cm³/mol. The van der Waals surface area contributed by atoms with Crippen LogP contribution in [0.3, 0.4) is 0 Å². The first-order valence-electron chi connectivity index (χ1n) is 4.96. The van der Waals surface area contributed by atoms with E-state index in [-0.39, 0.29) is 6.10 Å². The molecule has 1 aromatic rings. The van der Waals surface area contributed by atoms with Crippen molar-refractivity contribution in [2.75, 3.05) is 7.11 Å². The van der Waals surface area contributed by atoms with Gasteiger partial charge in [-0.25, -0.2) is 4.98 Å². The minimum absolute atomic E-state index is 0.182. The summed E-state index contributed by atoms with van der Waals surface area (Å²) in [6.07, 6.45) is 5.12. The second-order valence-corrected chi connectivity index (χ2v) is 3.83. The highest BCUT2D eigenvalue weighted by atomic mass is 16.5. The molecule has 0 radical (unpaired) electrons. The van der Waals surface area contributed by atoms with Gasteiger partial charge >= 0.3 is 0 Å². The smallest absolute Gasteiger partial charge is 0.140 e. The van der Waals surface area contributed by atoms with E-state index in [1.54, 1.807) is 13.3 Å². The van der Waals surface area contributed by atoms with Crippen molar-refractivity contribution >= 4 is 0 Å². The van der Waals surface area contributed by atoms with Gasteiger partial charge < -0.3 is 14.4 Å². The van der Waals surface area contributed by atoms with Crippen molar-refractivity contribution in [3.05, 3.63) is 18.2 Å². The molecule has 0 atom stereocenters. The van der Waals surface area contributed by atoms with Crippen molar-refractivity contribution in [3.63, 3.8) is 0 Å². The third kappa shape index (κ3) is 1.35. The third-order valence-corrected chi connectivity index (χ3v) is 2.94. The molecular weight excluding hydrogens is 180 g/mol. The first kappa shape index (κ1) is 9.68. The van der Waals surface area contributed by atoms with Crippen LogP contribution in [0.25, 0.3) is 0 Å². The van der Waals surface area contributed by atoms with Crippen LogP contribution in [0.5, 0.6) is 0 Å².